The van der Waals surface area contributed by atoms with Gasteiger partial charge in [0.2, 0.25) is 0 Å². The van der Waals surface area contributed by atoms with Gasteiger partial charge < -0.3 is 27.1 Å². The number of H-pyrrole nitrogens is 1. The summed E-state index contributed by atoms with van der Waals surface area (Å²) >= 11 is 0. The lowest BCUT2D eigenvalue weighted by Crippen LogP contribution is -3.00. The molecule has 0 aliphatic rings. The number of carboxylic acids is 1. The standard InChI is InChI=1S/C20H18N2O2.BrH/c1-12-16-11-22(10-8-18(23)24)9-7-14(16)13(2)20-19(12)15-5-3-4-6-17(15)21-20;/h3-7,9,11H,8,10H2,1-2H3,(H,23,24);1H. The number of aromatic nitrogens is 2. The van der Waals surface area contributed by atoms with Gasteiger partial charge >= 0.3 is 5.97 Å². The Morgan fingerprint density at radius 1 is 1.08 bits per heavy atom. The average Bonchev–Trinajstić information content (AvgIpc) is 2.97. The van der Waals surface area contributed by atoms with Crippen LogP contribution in [0.15, 0.2) is 42.7 Å². The first-order chi connectivity index (χ1) is 11.6. The summed E-state index contributed by atoms with van der Waals surface area (Å²) in [6.07, 6.45) is 4.16. The molecular weight excluding hydrogens is 380 g/mol. The molecule has 0 fully saturated rings. The largest absolute Gasteiger partial charge is 1.00 e. The number of fused-ring (bicyclic) bond motifs is 4. The third-order valence-electron chi connectivity index (χ3n) is 4.87. The number of nitrogens with one attached hydrogen (secondary N) is 1. The van der Waals surface area contributed by atoms with Crippen molar-refractivity contribution in [1.82, 2.24) is 4.98 Å². The van der Waals surface area contributed by atoms with Crippen LogP contribution in [0.4, 0.5) is 0 Å². The Morgan fingerprint density at radius 2 is 1.84 bits per heavy atom. The maximum Gasteiger partial charge on any atom is 0.309 e. The molecule has 4 rings (SSSR count). The van der Waals surface area contributed by atoms with Gasteiger partial charge in [0.05, 0.1) is 5.52 Å². The molecular formula is C20H19BrN2O2. The Hall–Kier alpha value is -2.40. The number of nitrogens with zero attached hydrogens (tertiary/aromatic N) is 1. The van der Waals surface area contributed by atoms with Crippen molar-refractivity contribution < 1.29 is 31.4 Å². The van der Waals surface area contributed by atoms with Gasteiger partial charge in [-0.25, -0.2) is 4.57 Å². The fraction of sp³-hybridized carbons (Fsp3) is 0.200. The number of rotatable bonds is 3. The number of hydrogen-bond donors (Lipinski definition) is 2. The van der Waals surface area contributed by atoms with Gasteiger partial charge in [-0.2, -0.15) is 0 Å². The molecule has 4 nitrogen and oxygen atoms in total. The van der Waals surface area contributed by atoms with Crippen molar-refractivity contribution in [3.05, 3.63) is 53.9 Å². The van der Waals surface area contributed by atoms with E-state index in [0.717, 1.165) is 5.52 Å². The Morgan fingerprint density at radius 3 is 2.60 bits per heavy atom. The second-order valence-electron chi connectivity index (χ2n) is 6.32. The van der Waals surface area contributed by atoms with Gasteiger partial charge in [0.15, 0.2) is 18.9 Å². The SMILES string of the molecule is Cc1c2cc[n+](CCC(=O)O)cc2c(C)c2c1[nH]c1ccccc12.[Br-]. The lowest BCUT2D eigenvalue weighted by atomic mass is 9.97. The molecule has 0 spiro atoms. The van der Waals surface area contributed by atoms with E-state index >= 15 is 0 Å². The predicted molar refractivity (Wildman–Crippen MR) is 95.2 cm³/mol. The molecule has 0 unspecified atom stereocenters. The zero-order chi connectivity index (χ0) is 16.8. The fourth-order valence-electron chi connectivity index (χ4n) is 3.61. The number of carbonyl (C=O) groups is 1. The number of aliphatic carboxylic acids is 1. The fourth-order valence-corrected chi connectivity index (χ4v) is 3.61. The molecule has 0 radical (unpaired) electrons. The highest BCUT2D eigenvalue weighted by atomic mass is 79.9. The van der Waals surface area contributed by atoms with E-state index in [1.807, 2.05) is 16.8 Å². The molecule has 2 aromatic heterocycles. The van der Waals surface area contributed by atoms with E-state index in [1.54, 1.807) is 0 Å². The molecule has 2 N–H and O–H groups in total. The van der Waals surface area contributed by atoms with Crippen molar-refractivity contribution in [3.63, 3.8) is 0 Å². The van der Waals surface area contributed by atoms with Gasteiger partial charge in [-0.15, -0.1) is 0 Å². The van der Waals surface area contributed by atoms with Gasteiger partial charge in [0.25, 0.3) is 0 Å². The van der Waals surface area contributed by atoms with E-state index in [-0.39, 0.29) is 23.4 Å². The Bertz CT molecular complexity index is 1120. The van der Waals surface area contributed by atoms with E-state index < -0.39 is 5.97 Å². The van der Waals surface area contributed by atoms with Crippen LogP contribution in [0.3, 0.4) is 0 Å². The molecule has 0 amide bonds. The van der Waals surface area contributed by atoms with Crippen LogP contribution >= 0.6 is 0 Å². The summed E-state index contributed by atoms with van der Waals surface area (Å²) in [5.41, 5.74) is 4.79. The third kappa shape index (κ3) is 2.78. The van der Waals surface area contributed by atoms with Gasteiger partial charge in [-0.1, -0.05) is 18.2 Å². The number of pyridine rings is 1. The third-order valence-corrected chi connectivity index (χ3v) is 4.87. The molecule has 128 valence electrons. The molecule has 0 aliphatic carbocycles. The molecule has 2 aromatic carbocycles. The Kier molecular flexibility index (Phi) is 4.52. The van der Waals surface area contributed by atoms with E-state index in [0.29, 0.717) is 6.54 Å². The molecule has 25 heavy (non-hydrogen) atoms. The normalized spacial score (nSPS) is 11.1. The van der Waals surface area contributed by atoms with E-state index in [9.17, 15) is 4.79 Å². The van der Waals surface area contributed by atoms with Crippen molar-refractivity contribution in [2.75, 3.05) is 0 Å². The van der Waals surface area contributed by atoms with Crippen LogP contribution in [-0.4, -0.2) is 16.1 Å². The quantitative estimate of drug-likeness (QED) is 0.502. The second kappa shape index (κ2) is 6.48. The van der Waals surface area contributed by atoms with Crippen molar-refractivity contribution in [2.24, 2.45) is 0 Å². The van der Waals surface area contributed by atoms with Gasteiger partial charge in [0.1, 0.15) is 6.42 Å². The highest BCUT2D eigenvalue weighted by molar-refractivity contribution is 6.16. The van der Waals surface area contributed by atoms with Gasteiger partial charge in [0, 0.05) is 27.7 Å². The highest BCUT2D eigenvalue weighted by Gasteiger charge is 2.16. The van der Waals surface area contributed by atoms with Crippen molar-refractivity contribution in [2.45, 2.75) is 26.8 Å². The summed E-state index contributed by atoms with van der Waals surface area (Å²) in [5.74, 6) is -0.775. The summed E-state index contributed by atoms with van der Waals surface area (Å²) in [4.78, 5) is 14.4. The zero-order valence-corrected chi connectivity index (χ0v) is 15.7. The molecule has 2 heterocycles. The number of carboxylic acid groups (broad SMARTS) is 1. The van der Waals surface area contributed by atoms with Gasteiger partial charge in [-0.3, -0.25) is 4.79 Å². The number of aromatic amines is 1. The Labute approximate surface area is 155 Å². The van der Waals surface area contributed by atoms with Crippen LogP contribution < -0.4 is 21.5 Å². The highest BCUT2D eigenvalue weighted by Crippen LogP contribution is 2.35. The van der Waals surface area contributed by atoms with Gasteiger partial charge in [-0.05, 0) is 36.4 Å². The first-order valence-electron chi connectivity index (χ1n) is 8.10. The molecule has 0 atom stereocenters. The minimum Gasteiger partial charge on any atom is -1.00 e. The van der Waals surface area contributed by atoms with E-state index in [2.05, 4.69) is 49.3 Å². The molecule has 0 aliphatic heterocycles. The lowest BCUT2D eigenvalue weighted by molar-refractivity contribution is -0.694. The Balaban J connectivity index is 0.00000182. The monoisotopic (exact) mass is 398 g/mol. The van der Waals surface area contributed by atoms with Crippen molar-refractivity contribution in [1.29, 1.82) is 0 Å². The molecule has 5 heteroatoms. The van der Waals surface area contributed by atoms with Crippen molar-refractivity contribution in [3.8, 4) is 0 Å². The molecule has 0 saturated carbocycles. The second-order valence-corrected chi connectivity index (χ2v) is 6.32. The van der Waals surface area contributed by atoms with Crippen LogP contribution in [0.25, 0.3) is 32.6 Å². The summed E-state index contributed by atoms with van der Waals surface area (Å²) in [6, 6.07) is 10.4. The lowest BCUT2D eigenvalue weighted by Gasteiger charge is -2.08. The van der Waals surface area contributed by atoms with Crippen LogP contribution in [0.5, 0.6) is 0 Å². The molecule has 0 saturated heterocycles. The number of halogens is 1. The van der Waals surface area contributed by atoms with Crippen LogP contribution in [0.1, 0.15) is 17.5 Å². The smallest absolute Gasteiger partial charge is 0.309 e. The summed E-state index contributed by atoms with van der Waals surface area (Å²) in [6.45, 7) is 4.77. The number of para-hydroxylation sites is 1. The van der Waals surface area contributed by atoms with Crippen LogP contribution in [0.2, 0.25) is 0 Å². The van der Waals surface area contributed by atoms with Crippen molar-refractivity contribution >= 4 is 38.5 Å². The average molecular weight is 399 g/mol. The van der Waals surface area contributed by atoms with Crippen LogP contribution in [0, 0.1) is 13.8 Å². The van der Waals surface area contributed by atoms with E-state index in [1.165, 1.54) is 38.2 Å². The first-order valence-corrected chi connectivity index (χ1v) is 8.10. The van der Waals surface area contributed by atoms with Crippen LogP contribution in [-0.2, 0) is 11.3 Å². The van der Waals surface area contributed by atoms with E-state index in [4.69, 9.17) is 5.11 Å². The number of hydrogen-bond acceptors (Lipinski definition) is 1. The minimum atomic E-state index is -0.775. The number of benzene rings is 2. The minimum absolute atomic E-state index is 0. The topological polar surface area (TPSA) is 57.0 Å². The predicted octanol–water partition coefficient (Wildman–Crippen LogP) is 0.857. The maximum atomic E-state index is 10.8. The molecule has 4 aromatic rings. The first kappa shape index (κ1) is 17.4. The summed E-state index contributed by atoms with van der Waals surface area (Å²) in [5, 5.41) is 13.8. The molecule has 0 bridgehead atoms. The zero-order valence-electron chi connectivity index (χ0n) is 14.1. The summed E-state index contributed by atoms with van der Waals surface area (Å²) < 4.78 is 1.96. The maximum absolute atomic E-state index is 10.8. The summed E-state index contributed by atoms with van der Waals surface area (Å²) in [7, 11) is 0. The number of aryl methyl sites for hydroxylation is 3.